The van der Waals surface area contributed by atoms with E-state index in [0.717, 1.165) is 31.7 Å². The van der Waals surface area contributed by atoms with E-state index in [1.165, 1.54) is 10.6 Å². The van der Waals surface area contributed by atoms with Crippen molar-refractivity contribution in [3.8, 4) is 0 Å². The lowest BCUT2D eigenvalue weighted by Gasteiger charge is -2.38. The number of aryl methyl sites for hydroxylation is 1. The SMILES string of the molecule is Cc1ccccc1N1C(=O)CC(N2CCN(c3ccccc3)CC2)C1=O. The van der Waals surface area contributed by atoms with Crippen LogP contribution in [-0.4, -0.2) is 48.9 Å². The zero-order valence-electron chi connectivity index (χ0n) is 15.0. The maximum Gasteiger partial charge on any atom is 0.251 e. The van der Waals surface area contributed by atoms with E-state index in [4.69, 9.17) is 0 Å². The largest absolute Gasteiger partial charge is 0.369 e. The molecule has 134 valence electrons. The molecule has 5 nitrogen and oxygen atoms in total. The minimum atomic E-state index is -0.333. The number of amides is 2. The number of benzene rings is 2. The molecule has 2 fully saturated rings. The number of carbonyl (C=O) groups excluding carboxylic acids is 2. The Hall–Kier alpha value is -2.66. The number of hydrogen-bond acceptors (Lipinski definition) is 4. The predicted molar refractivity (Wildman–Crippen MR) is 102 cm³/mol. The Morgan fingerprint density at radius 2 is 1.50 bits per heavy atom. The number of imide groups is 1. The Balaban J connectivity index is 1.46. The second kappa shape index (κ2) is 6.92. The van der Waals surface area contributed by atoms with Gasteiger partial charge in [0.2, 0.25) is 5.91 Å². The standard InChI is InChI=1S/C21H23N3O2/c1-16-7-5-6-10-18(16)24-20(25)15-19(21(24)26)23-13-11-22(12-14-23)17-8-3-2-4-9-17/h2-10,19H,11-15H2,1H3. The van der Waals surface area contributed by atoms with Gasteiger partial charge in [-0.15, -0.1) is 0 Å². The summed E-state index contributed by atoms with van der Waals surface area (Å²) in [5, 5.41) is 0. The smallest absolute Gasteiger partial charge is 0.251 e. The molecule has 0 aliphatic carbocycles. The lowest BCUT2D eigenvalue weighted by Crippen LogP contribution is -2.52. The van der Waals surface area contributed by atoms with Crippen LogP contribution in [0.2, 0.25) is 0 Å². The molecule has 0 bridgehead atoms. The number of rotatable bonds is 3. The number of hydrogen-bond donors (Lipinski definition) is 0. The zero-order chi connectivity index (χ0) is 18.1. The molecule has 2 heterocycles. The summed E-state index contributed by atoms with van der Waals surface area (Å²) in [7, 11) is 0. The van der Waals surface area contributed by atoms with Crippen LogP contribution in [0.1, 0.15) is 12.0 Å². The Morgan fingerprint density at radius 3 is 2.19 bits per heavy atom. The summed E-state index contributed by atoms with van der Waals surface area (Å²) in [5.74, 6) is -0.183. The molecule has 2 aromatic rings. The predicted octanol–water partition coefficient (Wildman–Crippen LogP) is 2.45. The molecule has 0 N–H and O–H groups in total. The van der Waals surface area contributed by atoms with Gasteiger partial charge in [-0.05, 0) is 30.7 Å². The summed E-state index contributed by atoms with van der Waals surface area (Å²) >= 11 is 0. The van der Waals surface area contributed by atoms with Gasteiger partial charge in [-0.3, -0.25) is 14.5 Å². The molecule has 0 aromatic heterocycles. The van der Waals surface area contributed by atoms with Crippen molar-refractivity contribution in [2.75, 3.05) is 36.0 Å². The van der Waals surface area contributed by atoms with Gasteiger partial charge >= 0.3 is 0 Å². The highest BCUT2D eigenvalue weighted by atomic mass is 16.2. The fraction of sp³-hybridized carbons (Fsp3) is 0.333. The van der Waals surface area contributed by atoms with Gasteiger partial charge in [-0.25, -0.2) is 4.90 Å². The van der Waals surface area contributed by atoms with Gasteiger partial charge in [0.15, 0.2) is 0 Å². The summed E-state index contributed by atoms with van der Waals surface area (Å²) in [6, 6.07) is 17.6. The Labute approximate surface area is 153 Å². The molecule has 1 unspecified atom stereocenters. The van der Waals surface area contributed by atoms with E-state index in [0.29, 0.717) is 5.69 Å². The molecule has 0 saturated carbocycles. The van der Waals surface area contributed by atoms with Crippen molar-refractivity contribution < 1.29 is 9.59 Å². The van der Waals surface area contributed by atoms with E-state index in [9.17, 15) is 9.59 Å². The van der Waals surface area contributed by atoms with Crippen LogP contribution in [0.15, 0.2) is 54.6 Å². The van der Waals surface area contributed by atoms with Gasteiger partial charge in [0.1, 0.15) is 0 Å². The van der Waals surface area contributed by atoms with Crippen LogP contribution in [0.4, 0.5) is 11.4 Å². The fourth-order valence-corrected chi connectivity index (χ4v) is 3.90. The molecular weight excluding hydrogens is 326 g/mol. The molecular formula is C21H23N3O2. The van der Waals surface area contributed by atoms with Crippen molar-refractivity contribution in [2.24, 2.45) is 0 Å². The second-order valence-corrected chi connectivity index (χ2v) is 6.93. The van der Waals surface area contributed by atoms with Gasteiger partial charge in [0, 0.05) is 31.9 Å². The third-order valence-corrected chi connectivity index (χ3v) is 5.36. The molecule has 1 atom stereocenters. The van der Waals surface area contributed by atoms with Crippen LogP contribution in [0.3, 0.4) is 0 Å². The number of para-hydroxylation sites is 2. The zero-order valence-corrected chi connectivity index (χ0v) is 15.0. The highest BCUT2D eigenvalue weighted by Gasteiger charge is 2.43. The van der Waals surface area contributed by atoms with Crippen molar-refractivity contribution in [2.45, 2.75) is 19.4 Å². The maximum absolute atomic E-state index is 13.0. The van der Waals surface area contributed by atoms with Crippen molar-refractivity contribution in [1.29, 1.82) is 0 Å². The molecule has 26 heavy (non-hydrogen) atoms. The lowest BCUT2D eigenvalue weighted by molar-refractivity contribution is -0.123. The van der Waals surface area contributed by atoms with Crippen molar-refractivity contribution in [3.63, 3.8) is 0 Å². The van der Waals surface area contributed by atoms with Crippen LogP contribution in [0.5, 0.6) is 0 Å². The van der Waals surface area contributed by atoms with Crippen LogP contribution >= 0.6 is 0 Å². The second-order valence-electron chi connectivity index (χ2n) is 6.93. The van der Waals surface area contributed by atoms with E-state index in [2.05, 4.69) is 21.9 Å². The van der Waals surface area contributed by atoms with E-state index < -0.39 is 0 Å². The molecule has 0 spiro atoms. The normalized spacial score (nSPS) is 21.5. The van der Waals surface area contributed by atoms with E-state index in [-0.39, 0.29) is 24.3 Å². The molecule has 4 rings (SSSR count). The van der Waals surface area contributed by atoms with Crippen molar-refractivity contribution >= 4 is 23.2 Å². The van der Waals surface area contributed by atoms with Gasteiger partial charge < -0.3 is 4.90 Å². The first kappa shape index (κ1) is 16.8. The summed E-state index contributed by atoms with van der Waals surface area (Å²) in [6.07, 6.45) is 0.276. The van der Waals surface area contributed by atoms with Crippen LogP contribution in [0, 0.1) is 6.92 Å². The third-order valence-electron chi connectivity index (χ3n) is 5.36. The quantitative estimate of drug-likeness (QED) is 0.799. The van der Waals surface area contributed by atoms with Crippen molar-refractivity contribution in [3.05, 3.63) is 60.2 Å². The molecule has 2 saturated heterocycles. The highest BCUT2D eigenvalue weighted by molar-refractivity contribution is 6.22. The number of nitrogens with zero attached hydrogens (tertiary/aromatic N) is 3. The maximum atomic E-state index is 13.0. The first-order valence-corrected chi connectivity index (χ1v) is 9.11. The highest BCUT2D eigenvalue weighted by Crippen LogP contribution is 2.29. The van der Waals surface area contributed by atoms with Crippen molar-refractivity contribution in [1.82, 2.24) is 4.90 Å². The topological polar surface area (TPSA) is 43.9 Å². The molecule has 2 aliphatic rings. The lowest BCUT2D eigenvalue weighted by atomic mass is 10.1. The van der Waals surface area contributed by atoms with Crippen LogP contribution < -0.4 is 9.80 Å². The fourth-order valence-electron chi connectivity index (χ4n) is 3.90. The van der Waals surface area contributed by atoms with Gasteiger partial charge in [0.25, 0.3) is 5.91 Å². The molecule has 2 aromatic carbocycles. The van der Waals surface area contributed by atoms with Crippen LogP contribution in [0.25, 0.3) is 0 Å². The summed E-state index contributed by atoms with van der Waals surface area (Å²) < 4.78 is 0. The van der Waals surface area contributed by atoms with E-state index in [1.807, 2.05) is 49.4 Å². The average Bonchev–Trinajstić information content (AvgIpc) is 2.97. The number of anilines is 2. The molecule has 2 aliphatic heterocycles. The van der Waals surface area contributed by atoms with Gasteiger partial charge in [-0.1, -0.05) is 36.4 Å². The minimum absolute atomic E-state index is 0.0857. The first-order chi connectivity index (χ1) is 12.6. The number of piperazine rings is 1. The molecule has 2 amide bonds. The Bertz CT molecular complexity index is 813. The van der Waals surface area contributed by atoms with Crippen LogP contribution in [-0.2, 0) is 9.59 Å². The average molecular weight is 349 g/mol. The van der Waals surface area contributed by atoms with E-state index >= 15 is 0 Å². The minimum Gasteiger partial charge on any atom is -0.369 e. The summed E-state index contributed by atoms with van der Waals surface area (Å²) in [6.45, 7) is 5.25. The monoisotopic (exact) mass is 349 g/mol. The van der Waals surface area contributed by atoms with Gasteiger partial charge in [-0.2, -0.15) is 0 Å². The first-order valence-electron chi connectivity index (χ1n) is 9.11. The third kappa shape index (κ3) is 2.99. The number of carbonyl (C=O) groups is 2. The Morgan fingerprint density at radius 1 is 0.846 bits per heavy atom. The molecule has 5 heteroatoms. The summed E-state index contributed by atoms with van der Waals surface area (Å²) in [5.41, 5.74) is 2.87. The van der Waals surface area contributed by atoms with E-state index in [1.54, 1.807) is 0 Å². The molecule has 0 radical (unpaired) electrons. The Kier molecular flexibility index (Phi) is 4.47. The van der Waals surface area contributed by atoms with Gasteiger partial charge in [0.05, 0.1) is 18.2 Å². The summed E-state index contributed by atoms with van der Waals surface area (Å²) in [4.78, 5) is 31.4.